The zero-order valence-electron chi connectivity index (χ0n) is 16.0. The molecule has 150 valence electrons. The number of morpholine rings is 1. The third kappa shape index (κ3) is 4.41. The van der Waals surface area contributed by atoms with Crippen molar-refractivity contribution in [3.8, 4) is 11.3 Å². The van der Waals surface area contributed by atoms with Crippen LogP contribution in [0.25, 0.3) is 22.2 Å². The maximum absolute atomic E-state index is 14.4. The summed E-state index contributed by atoms with van der Waals surface area (Å²) in [7, 11) is 0. The van der Waals surface area contributed by atoms with Crippen LogP contribution in [-0.2, 0) is 16.1 Å². The number of hydrogen-bond donors (Lipinski definition) is 1. The number of ether oxygens (including phenoxy) is 1. The number of halogens is 2. The van der Waals surface area contributed by atoms with Crippen LogP contribution in [0.2, 0.25) is 0 Å². The molecular formula is C22H21F2N3O2. The number of fused-ring (bicyclic) bond motifs is 1. The standard InChI is InChI=1S/C22H21F2N3O2/c1-14(28)25-20-5-2-15(10-19(20)24)21-11-16(13-27-6-8-29-9-7-27)18-4-3-17(23)12-22(18)26-21/h2-5,10-12H,6-9,13H2,1H3,(H,25,28). The minimum absolute atomic E-state index is 0.113. The van der Waals surface area contributed by atoms with Crippen LogP contribution >= 0.6 is 0 Å². The molecule has 0 saturated carbocycles. The predicted octanol–water partition coefficient (Wildman–Crippen LogP) is 3.97. The third-order valence-electron chi connectivity index (χ3n) is 4.93. The fraction of sp³-hybridized carbons (Fsp3) is 0.273. The summed E-state index contributed by atoms with van der Waals surface area (Å²) in [5.41, 5.74) is 2.75. The Bertz CT molecular complexity index is 1070. The molecule has 0 unspecified atom stereocenters. The topological polar surface area (TPSA) is 54.5 Å². The van der Waals surface area contributed by atoms with E-state index in [1.54, 1.807) is 12.1 Å². The summed E-state index contributed by atoms with van der Waals surface area (Å²) in [5, 5.41) is 3.32. The largest absolute Gasteiger partial charge is 0.379 e. The lowest BCUT2D eigenvalue weighted by atomic mass is 10.0. The molecule has 0 radical (unpaired) electrons. The molecule has 1 fully saturated rings. The highest BCUT2D eigenvalue weighted by atomic mass is 19.1. The van der Waals surface area contributed by atoms with Gasteiger partial charge in [0.15, 0.2) is 0 Å². The van der Waals surface area contributed by atoms with Crippen molar-refractivity contribution in [2.24, 2.45) is 0 Å². The second-order valence-corrected chi connectivity index (χ2v) is 7.09. The SMILES string of the molecule is CC(=O)Nc1ccc(-c2cc(CN3CCOCC3)c3ccc(F)cc3n2)cc1F. The first-order valence-electron chi connectivity index (χ1n) is 9.46. The number of benzene rings is 2. The number of aromatic nitrogens is 1. The first-order valence-corrected chi connectivity index (χ1v) is 9.46. The highest BCUT2D eigenvalue weighted by Crippen LogP contribution is 2.28. The van der Waals surface area contributed by atoms with Gasteiger partial charge < -0.3 is 10.1 Å². The lowest BCUT2D eigenvalue weighted by Gasteiger charge is -2.27. The second kappa shape index (κ2) is 8.23. The molecule has 3 aromatic rings. The molecule has 0 atom stereocenters. The number of carbonyl (C=O) groups is 1. The van der Waals surface area contributed by atoms with Crippen molar-refractivity contribution in [1.29, 1.82) is 0 Å². The van der Waals surface area contributed by atoms with Gasteiger partial charge in [0.2, 0.25) is 5.91 Å². The molecule has 5 nitrogen and oxygen atoms in total. The molecule has 1 amide bonds. The van der Waals surface area contributed by atoms with Crippen LogP contribution in [0.15, 0.2) is 42.5 Å². The van der Waals surface area contributed by atoms with Crippen LogP contribution in [-0.4, -0.2) is 42.1 Å². The van der Waals surface area contributed by atoms with Crippen molar-refractivity contribution in [2.75, 3.05) is 31.6 Å². The maximum atomic E-state index is 14.4. The van der Waals surface area contributed by atoms with Gasteiger partial charge in [-0.3, -0.25) is 9.69 Å². The molecular weight excluding hydrogens is 376 g/mol. The molecule has 1 aliphatic rings. The lowest BCUT2D eigenvalue weighted by Crippen LogP contribution is -2.35. The van der Waals surface area contributed by atoms with Crippen molar-refractivity contribution in [1.82, 2.24) is 9.88 Å². The Morgan fingerprint density at radius 3 is 2.66 bits per heavy atom. The molecule has 2 heterocycles. The van der Waals surface area contributed by atoms with Crippen LogP contribution in [0, 0.1) is 11.6 Å². The van der Waals surface area contributed by atoms with E-state index in [0.29, 0.717) is 36.5 Å². The molecule has 0 spiro atoms. The first kappa shape index (κ1) is 19.4. The normalized spacial score (nSPS) is 14.9. The summed E-state index contributed by atoms with van der Waals surface area (Å²) in [4.78, 5) is 18.0. The van der Waals surface area contributed by atoms with Gasteiger partial charge in [0.1, 0.15) is 11.6 Å². The Kier molecular flexibility index (Phi) is 5.51. The summed E-state index contributed by atoms with van der Waals surface area (Å²) in [6, 6.07) is 11.0. The minimum atomic E-state index is -0.548. The lowest BCUT2D eigenvalue weighted by molar-refractivity contribution is -0.114. The molecule has 0 aliphatic carbocycles. The van der Waals surface area contributed by atoms with Crippen LogP contribution in [0.4, 0.5) is 14.5 Å². The van der Waals surface area contributed by atoms with Gasteiger partial charge in [-0.1, -0.05) is 6.07 Å². The Morgan fingerprint density at radius 2 is 1.93 bits per heavy atom. The summed E-state index contributed by atoms with van der Waals surface area (Å²) >= 11 is 0. The van der Waals surface area contributed by atoms with Crippen molar-refractivity contribution < 1.29 is 18.3 Å². The van der Waals surface area contributed by atoms with Crippen molar-refractivity contribution in [2.45, 2.75) is 13.5 Å². The van der Waals surface area contributed by atoms with E-state index in [9.17, 15) is 13.6 Å². The Hall–Kier alpha value is -2.90. The summed E-state index contributed by atoms with van der Waals surface area (Å²) in [6.07, 6.45) is 0. The number of hydrogen-bond acceptors (Lipinski definition) is 4. The van der Waals surface area contributed by atoms with Gasteiger partial charge in [-0.15, -0.1) is 0 Å². The molecule has 2 aromatic carbocycles. The van der Waals surface area contributed by atoms with Gasteiger partial charge in [-0.2, -0.15) is 0 Å². The molecule has 29 heavy (non-hydrogen) atoms. The van der Waals surface area contributed by atoms with Crippen molar-refractivity contribution in [3.05, 3.63) is 59.7 Å². The number of nitrogens with zero attached hydrogens (tertiary/aromatic N) is 2. The summed E-state index contributed by atoms with van der Waals surface area (Å²) in [5.74, 6) is -1.26. The zero-order valence-corrected chi connectivity index (χ0v) is 16.0. The van der Waals surface area contributed by atoms with Gasteiger partial charge in [-0.25, -0.2) is 13.8 Å². The first-order chi connectivity index (χ1) is 14.0. The quantitative estimate of drug-likeness (QED) is 0.724. The van der Waals surface area contributed by atoms with E-state index < -0.39 is 5.82 Å². The van der Waals surface area contributed by atoms with Gasteiger partial charge in [0, 0.05) is 43.6 Å². The minimum Gasteiger partial charge on any atom is -0.379 e. The maximum Gasteiger partial charge on any atom is 0.221 e. The highest BCUT2D eigenvalue weighted by molar-refractivity contribution is 5.89. The average molecular weight is 397 g/mol. The van der Waals surface area contributed by atoms with Crippen LogP contribution in [0.1, 0.15) is 12.5 Å². The monoisotopic (exact) mass is 397 g/mol. The number of pyridine rings is 1. The Balaban J connectivity index is 1.76. The third-order valence-corrected chi connectivity index (χ3v) is 4.93. The van der Waals surface area contributed by atoms with Crippen LogP contribution in [0.3, 0.4) is 0 Å². The van der Waals surface area contributed by atoms with Gasteiger partial charge >= 0.3 is 0 Å². The molecule has 0 bridgehead atoms. The van der Waals surface area contributed by atoms with E-state index in [4.69, 9.17) is 4.74 Å². The Labute approximate surface area is 167 Å². The van der Waals surface area contributed by atoms with Gasteiger partial charge in [-0.05, 0) is 35.9 Å². The van der Waals surface area contributed by atoms with Crippen LogP contribution < -0.4 is 5.32 Å². The van der Waals surface area contributed by atoms with E-state index in [-0.39, 0.29) is 17.4 Å². The van der Waals surface area contributed by atoms with E-state index in [1.807, 2.05) is 6.07 Å². The summed E-state index contributed by atoms with van der Waals surface area (Å²) < 4.78 is 33.7. The van der Waals surface area contributed by atoms with Gasteiger partial charge in [0.25, 0.3) is 0 Å². The summed E-state index contributed by atoms with van der Waals surface area (Å²) in [6.45, 7) is 5.00. The number of rotatable bonds is 4. The van der Waals surface area contributed by atoms with Crippen molar-refractivity contribution >= 4 is 22.5 Å². The number of amides is 1. The van der Waals surface area contributed by atoms with Gasteiger partial charge in [0.05, 0.1) is 30.1 Å². The second-order valence-electron chi connectivity index (χ2n) is 7.09. The molecule has 4 rings (SSSR count). The highest BCUT2D eigenvalue weighted by Gasteiger charge is 2.15. The molecule has 7 heteroatoms. The fourth-order valence-electron chi connectivity index (χ4n) is 3.52. The van der Waals surface area contributed by atoms with E-state index >= 15 is 0 Å². The Morgan fingerprint density at radius 1 is 1.14 bits per heavy atom. The molecule has 1 aliphatic heterocycles. The van der Waals surface area contributed by atoms with Crippen LogP contribution in [0.5, 0.6) is 0 Å². The number of carbonyl (C=O) groups excluding carboxylic acids is 1. The average Bonchev–Trinajstić information content (AvgIpc) is 2.69. The number of anilines is 1. The van der Waals surface area contributed by atoms with E-state index in [1.165, 1.54) is 31.2 Å². The zero-order chi connectivity index (χ0) is 20.4. The molecule has 1 aromatic heterocycles. The van der Waals surface area contributed by atoms with E-state index in [2.05, 4.69) is 15.2 Å². The van der Waals surface area contributed by atoms with Crippen molar-refractivity contribution in [3.63, 3.8) is 0 Å². The fourth-order valence-corrected chi connectivity index (χ4v) is 3.52. The molecule has 1 N–H and O–H groups in total. The predicted molar refractivity (Wildman–Crippen MR) is 107 cm³/mol. The van der Waals surface area contributed by atoms with E-state index in [0.717, 1.165) is 24.0 Å². The molecule has 1 saturated heterocycles. The number of nitrogens with one attached hydrogen (secondary N) is 1. The smallest absolute Gasteiger partial charge is 0.221 e.